The van der Waals surface area contributed by atoms with Crippen LogP contribution in [0, 0.1) is 5.41 Å². The highest BCUT2D eigenvalue weighted by molar-refractivity contribution is 6.30. The summed E-state index contributed by atoms with van der Waals surface area (Å²) >= 11 is 6.18. The molecule has 4 rings (SSSR count). The highest BCUT2D eigenvalue weighted by Gasteiger charge is 2.24. The van der Waals surface area contributed by atoms with E-state index in [1.807, 2.05) is 6.07 Å². The van der Waals surface area contributed by atoms with Gasteiger partial charge in [-0.1, -0.05) is 11.6 Å². The topological polar surface area (TPSA) is 129 Å². The second-order valence-corrected chi connectivity index (χ2v) is 7.17. The first-order valence-corrected chi connectivity index (χ1v) is 9.52. The van der Waals surface area contributed by atoms with Crippen LogP contribution in [0.15, 0.2) is 30.6 Å². The Bertz CT molecular complexity index is 1020. The van der Waals surface area contributed by atoms with E-state index in [-0.39, 0.29) is 6.04 Å². The molecule has 1 unspecified atom stereocenters. The molecule has 0 aromatic carbocycles. The lowest BCUT2D eigenvalue weighted by molar-refractivity contribution is 0.0985. The molecule has 1 saturated heterocycles. The molecule has 0 spiro atoms. The fourth-order valence-corrected chi connectivity index (χ4v) is 3.50. The van der Waals surface area contributed by atoms with Gasteiger partial charge in [-0.3, -0.25) is 5.10 Å². The summed E-state index contributed by atoms with van der Waals surface area (Å²) in [5.74, 6) is 2.26. The number of ether oxygens (including phenoxy) is 1. The third-order valence-corrected chi connectivity index (χ3v) is 4.99. The molecule has 29 heavy (non-hydrogen) atoms. The van der Waals surface area contributed by atoms with E-state index >= 15 is 0 Å². The molecular formula is C19H21ClN8O. The Hall–Kier alpha value is -3.17. The maximum atomic E-state index is 8.02. The largest absolute Gasteiger partial charge is 0.383 e. The summed E-state index contributed by atoms with van der Waals surface area (Å²) in [5, 5.41) is 18.5. The van der Waals surface area contributed by atoms with E-state index in [1.165, 1.54) is 12.4 Å². The van der Waals surface area contributed by atoms with Crippen molar-refractivity contribution >= 4 is 41.1 Å². The highest BCUT2D eigenvalue weighted by Crippen LogP contribution is 2.36. The van der Waals surface area contributed by atoms with Crippen LogP contribution in [-0.4, -0.2) is 52.2 Å². The summed E-state index contributed by atoms with van der Waals surface area (Å²) in [6.07, 6.45) is 4.38. The van der Waals surface area contributed by atoms with Gasteiger partial charge in [0.25, 0.3) is 0 Å². The second kappa shape index (κ2) is 8.06. The number of nitrogens with two attached hydrogens (primary N) is 1. The first-order valence-electron chi connectivity index (χ1n) is 9.14. The van der Waals surface area contributed by atoms with E-state index in [0.29, 0.717) is 53.4 Å². The number of hydrogen-bond acceptors (Lipinski definition) is 8. The minimum absolute atomic E-state index is 0.157. The summed E-state index contributed by atoms with van der Waals surface area (Å²) < 4.78 is 5.56. The summed E-state index contributed by atoms with van der Waals surface area (Å²) in [7, 11) is 0. The van der Waals surface area contributed by atoms with Gasteiger partial charge < -0.3 is 26.1 Å². The van der Waals surface area contributed by atoms with Gasteiger partial charge in [-0.2, -0.15) is 5.10 Å². The molecule has 3 aromatic heterocycles. The van der Waals surface area contributed by atoms with Gasteiger partial charge in [0, 0.05) is 41.7 Å². The third-order valence-electron chi connectivity index (χ3n) is 4.78. The first kappa shape index (κ1) is 19.2. The number of halogens is 1. The molecule has 1 aliphatic heterocycles. The van der Waals surface area contributed by atoms with Crippen molar-refractivity contribution in [2.75, 3.05) is 35.7 Å². The number of pyridine rings is 2. The van der Waals surface area contributed by atoms with E-state index in [4.69, 9.17) is 32.5 Å². The van der Waals surface area contributed by atoms with Crippen LogP contribution in [0.5, 0.6) is 0 Å². The van der Waals surface area contributed by atoms with Crippen molar-refractivity contribution in [2.45, 2.75) is 13.0 Å². The van der Waals surface area contributed by atoms with E-state index < -0.39 is 0 Å². The van der Waals surface area contributed by atoms with Crippen molar-refractivity contribution in [1.82, 2.24) is 20.2 Å². The molecule has 150 valence electrons. The zero-order valence-electron chi connectivity index (χ0n) is 15.8. The Morgan fingerprint density at radius 3 is 3.00 bits per heavy atom. The van der Waals surface area contributed by atoms with Crippen LogP contribution in [-0.2, 0) is 4.74 Å². The van der Waals surface area contributed by atoms with Crippen LogP contribution >= 0.6 is 11.6 Å². The van der Waals surface area contributed by atoms with E-state index in [2.05, 4.69) is 32.3 Å². The van der Waals surface area contributed by atoms with Crippen LogP contribution in [0.1, 0.15) is 12.5 Å². The van der Waals surface area contributed by atoms with Crippen LogP contribution < -0.4 is 16.0 Å². The Morgan fingerprint density at radius 2 is 2.28 bits per heavy atom. The second-order valence-electron chi connectivity index (χ2n) is 6.73. The van der Waals surface area contributed by atoms with Gasteiger partial charge in [-0.15, -0.1) is 0 Å². The number of aromatic nitrogens is 4. The van der Waals surface area contributed by atoms with Crippen molar-refractivity contribution < 1.29 is 4.74 Å². The van der Waals surface area contributed by atoms with Crippen molar-refractivity contribution in [3.63, 3.8) is 0 Å². The van der Waals surface area contributed by atoms with Crippen LogP contribution in [0.2, 0.25) is 5.02 Å². The SMILES string of the molecule is CC1COCCN1c1cc(-c2cc(Cl)cnc2N)c(C=N)c(Nc2ccn[nH]2)n1. The Balaban J connectivity index is 1.90. The average molecular weight is 413 g/mol. The number of aromatic amines is 1. The predicted molar refractivity (Wildman–Crippen MR) is 114 cm³/mol. The normalized spacial score (nSPS) is 16.6. The lowest BCUT2D eigenvalue weighted by atomic mass is 10.0. The van der Waals surface area contributed by atoms with Gasteiger partial charge in [-0.05, 0) is 19.1 Å². The Kier molecular flexibility index (Phi) is 5.32. The molecule has 1 aliphatic rings. The maximum Gasteiger partial charge on any atom is 0.143 e. The first-order chi connectivity index (χ1) is 14.1. The van der Waals surface area contributed by atoms with Crippen molar-refractivity contribution in [3.8, 4) is 11.1 Å². The third kappa shape index (κ3) is 3.87. The van der Waals surface area contributed by atoms with Gasteiger partial charge >= 0.3 is 0 Å². The van der Waals surface area contributed by atoms with E-state index in [1.54, 1.807) is 18.3 Å². The molecule has 10 heteroatoms. The molecule has 4 heterocycles. The van der Waals surface area contributed by atoms with Crippen molar-refractivity contribution in [2.24, 2.45) is 0 Å². The smallest absolute Gasteiger partial charge is 0.143 e. The summed E-state index contributed by atoms with van der Waals surface area (Å²) in [4.78, 5) is 11.1. The van der Waals surface area contributed by atoms with Crippen molar-refractivity contribution in [1.29, 1.82) is 5.41 Å². The zero-order valence-corrected chi connectivity index (χ0v) is 16.6. The minimum atomic E-state index is 0.157. The molecule has 1 fully saturated rings. The molecule has 0 radical (unpaired) electrons. The lowest BCUT2D eigenvalue weighted by Gasteiger charge is -2.35. The molecule has 9 nitrogen and oxygen atoms in total. The molecule has 0 bridgehead atoms. The summed E-state index contributed by atoms with van der Waals surface area (Å²) in [6, 6.07) is 5.61. The Morgan fingerprint density at radius 1 is 1.41 bits per heavy atom. The molecule has 3 aromatic rings. The van der Waals surface area contributed by atoms with Gasteiger partial charge in [0.15, 0.2) is 0 Å². The van der Waals surface area contributed by atoms with Gasteiger partial charge in [0.1, 0.15) is 23.3 Å². The number of nitrogens with one attached hydrogen (secondary N) is 3. The number of hydrogen-bond donors (Lipinski definition) is 4. The van der Waals surface area contributed by atoms with Crippen LogP contribution in [0.25, 0.3) is 11.1 Å². The van der Waals surface area contributed by atoms with E-state index in [9.17, 15) is 0 Å². The number of nitrogens with zero attached hydrogens (tertiary/aromatic N) is 4. The summed E-state index contributed by atoms with van der Waals surface area (Å²) in [5.41, 5.74) is 8.09. The molecule has 1 atom stereocenters. The standard InChI is InChI=1S/C19H21ClN8O/c1-11-10-29-5-4-28(11)17-7-13(14-6-12(20)9-23-18(14)22)15(8-21)19(26-17)25-16-2-3-24-27-16/h2-3,6-9,11,21H,4-5,10H2,1H3,(H2,22,23)(H2,24,25,26,27). The predicted octanol–water partition coefficient (Wildman–Crippen LogP) is 3.07. The molecule has 0 saturated carbocycles. The fourth-order valence-electron chi connectivity index (χ4n) is 3.34. The van der Waals surface area contributed by atoms with Crippen molar-refractivity contribution in [3.05, 3.63) is 41.2 Å². The average Bonchev–Trinajstić information content (AvgIpc) is 3.23. The number of nitrogen functional groups attached to an aromatic ring is 1. The van der Waals surface area contributed by atoms with Crippen LogP contribution in [0.4, 0.5) is 23.3 Å². The number of H-pyrrole nitrogens is 1. The monoisotopic (exact) mass is 412 g/mol. The molecule has 0 amide bonds. The van der Waals surface area contributed by atoms with E-state index in [0.717, 1.165) is 11.4 Å². The van der Waals surface area contributed by atoms with Gasteiger partial charge in [0.05, 0.1) is 30.5 Å². The zero-order chi connectivity index (χ0) is 20.4. The summed E-state index contributed by atoms with van der Waals surface area (Å²) in [6.45, 7) is 4.04. The number of anilines is 4. The minimum Gasteiger partial charge on any atom is -0.383 e. The lowest BCUT2D eigenvalue weighted by Crippen LogP contribution is -2.44. The quantitative estimate of drug-likeness (QED) is 0.474. The molecular weight excluding hydrogens is 392 g/mol. The molecule has 5 N–H and O–H groups in total. The van der Waals surface area contributed by atoms with Crippen LogP contribution in [0.3, 0.4) is 0 Å². The molecule has 0 aliphatic carbocycles. The van der Waals surface area contributed by atoms with Gasteiger partial charge in [-0.25, -0.2) is 9.97 Å². The number of morpholine rings is 1. The fraction of sp³-hybridized carbons (Fsp3) is 0.263. The highest BCUT2D eigenvalue weighted by atomic mass is 35.5. The number of rotatable bonds is 5. The van der Waals surface area contributed by atoms with Gasteiger partial charge in [0.2, 0.25) is 0 Å². The Labute approximate surface area is 172 Å². The maximum absolute atomic E-state index is 8.02.